The molecule has 3 rings (SSSR count). The number of carbonyl (C=O) groups excluding carboxylic acids is 1. The van der Waals surface area contributed by atoms with Gasteiger partial charge in [-0.25, -0.2) is 0 Å². The summed E-state index contributed by atoms with van der Waals surface area (Å²) in [5.41, 5.74) is 2.89. The van der Waals surface area contributed by atoms with Crippen LogP contribution in [0.3, 0.4) is 0 Å². The van der Waals surface area contributed by atoms with Crippen molar-refractivity contribution in [3.63, 3.8) is 0 Å². The number of amides is 1. The molecule has 1 N–H and O–H groups in total. The lowest BCUT2D eigenvalue weighted by molar-refractivity contribution is -0.139. The molecule has 1 aliphatic rings. The number of hydrogen-bond donors (Lipinski definition) is 1. The summed E-state index contributed by atoms with van der Waals surface area (Å²) in [7, 11) is 0. The maximum Gasteiger partial charge on any atom is 0.228 e. The van der Waals surface area contributed by atoms with Crippen LogP contribution in [0.2, 0.25) is 5.02 Å². The van der Waals surface area contributed by atoms with E-state index in [1.165, 1.54) is 0 Å². The molecule has 1 amide bonds. The Balaban J connectivity index is 1.73. The fourth-order valence-electron chi connectivity index (χ4n) is 3.14. The smallest absolute Gasteiger partial charge is 0.228 e. The summed E-state index contributed by atoms with van der Waals surface area (Å²) in [4.78, 5) is 14.2. The van der Waals surface area contributed by atoms with Gasteiger partial charge in [0.25, 0.3) is 0 Å². The Labute approximate surface area is 141 Å². The number of likely N-dealkylation sites (tertiary alicyclic amines) is 1. The first kappa shape index (κ1) is 16.0. The standard InChI is InChI=1S/C19H20ClNO2/c1-13-15(8-5-9-17(13)20)12-16-10-11-21(19(16)23)18(22)14-6-3-2-4-7-14/h2-9,16,18,22H,10-12H2,1H3/t16-,18+/m1/s1. The number of hydrogen-bond acceptors (Lipinski definition) is 2. The highest BCUT2D eigenvalue weighted by atomic mass is 35.5. The van der Waals surface area contributed by atoms with Crippen molar-refractivity contribution in [2.24, 2.45) is 5.92 Å². The molecule has 0 aliphatic carbocycles. The lowest BCUT2D eigenvalue weighted by Crippen LogP contribution is -2.32. The van der Waals surface area contributed by atoms with Crippen molar-refractivity contribution < 1.29 is 9.90 Å². The van der Waals surface area contributed by atoms with Crippen molar-refractivity contribution in [2.75, 3.05) is 6.54 Å². The zero-order chi connectivity index (χ0) is 16.4. The van der Waals surface area contributed by atoms with Gasteiger partial charge in [-0.05, 0) is 37.0 Å². The zero-order valence-corrected chi connectivity index (χ0v) is 13.8. The summed E-state index contributed by atoms with van der Waals surface area (Å²) in [5.74, 6) is -0.0775. The van der Waals surface area contributed by atoms with Crippen LogP contribution in [0.5, 0.6) is 0 Å². The molecule has 0 spiro atoms. The molecular weight excluding hydrogens is 310 g/mol. The third-order valence-electron chi connectivity index (χ3n) is 4.59. The molecular formula is C19H20ClNO2. The molecule has 0 bridgehead atoms. The molecule has 1 heterocycles. The molecule has 23 heavy (non-hydrogen) atoms. The Morgan fingerprint density at radius 3 is 2.70 bits per heavy atom. The molecule has 2 aromatic carbocycles. The summed E-state index contributed by atoms with van der Waals surface area (Å²) >= 11 is 6.16. The summed E-state index contributed by atoms with van der Waals surface area (Å²) in [6.45, 7) is 2.56. The van der Waals surface area contributed by atoms with Gasteiger partial charge >= 0.3 is 0 Å². The van der Waals surface area contributed by atoms with Gasteiger partial charge in [0, 0.05) is 23.0 Å². The Kier molecular flexibility index (Phi) is 4.69. The van der Waals surface area contributed by atoms with E-state index in [1.807, 2.05) is 55.5 Å². The summed E-state index contributed by atoms with van der Waals surface area (Å²) < 4.78 is 0. The Morgan fingerprint density at radius 1 is 1.22 bits per heavy atom. The zero-order valence-electron chi connectivity index (χ0n) is 13.1. The summed E-state index contributed by atoms with van der Waals surface area (Å²) in [6, 6.07) is 15.1. The van der Waals surface area contributed by atoms with Gasteiger partial charge in [-0.1, -0.05) is 54.1 Å². The number of halogens is 1. The van der Waals surface area contributed by atoms with Gasteiger partial charge in [0.2, 0.25) is 5.91 Å². The van der Waals surface area contributed by atoms with Gasteiger partial charge in [0.15, 0.2) is 6.23 Å². The quantitative estimate of drug-likeness (QED) is 0.928. The summed E-state index contributed by atoms with van der Waals surface area (Å²) in [6.07, 6.45) is 0.562. The molecule has 2 atom stereocenters. The first-order valence-corrected chi connectivity index (χ1v) is 8.23. The molecule has 3 nitrogen and oxygen atoms in total. The molecule has 0 aromatic heterocycles. The van der Waals surface area contributed by atoms with Crippen LogP contribution in [0.15, 0.2) is 48.5 Å². The van der Waals surface area contributed by atoms with Crippen molar-refractivity contribution >= 4 is 17.5 Å². The summed E-state index contributed by atoms with van der Waals surface area (Å²) in [5, 5.41) is 11.2. The highest BCUT2D eigenvalue weighted by Gasteiger charge is 2.35. The maximum atomic E-state index is 12.7. The number of aliphatic hydroxyl groups is 1. The van der Waals surface area contributed by atoms with E-state index in [4.69, 9.17) is 11.6 Å². The molecule has 0 radical (unpaired) electrons. The maximum absolute atomic E-state index is 12.7. The fraction of sp³-hybridized carbons (Fsp3) is 0.316. The van der Waals surface area contributed by atoms with Crippen LogP contribution in [0.1, 0.15) is 29.3 Å². The Bertz CT molecular complexity index is 702. The Hall–Kier alpha value is -1.84. The topological polar surface area (TPSA) is 40.5 Å². The largest absolute Gasteiger partial charge is 0.369 e. The van der Waals surface area contributed by atoms with Crippen LogP contribution in [0.4, 0.5) is 0 Å². The van der Waals surface area contributed by atoms with E-state index in [0.717, 1.165) is 28.1 Å². The van der Waals surface area contributed by atoms with Crippen molar-refractivity contribution in [3.05, 3.63) is 70.2 Å². The number of rotatable bonds is 4. The van der Waals surface area contributed by atoms with Gasteiger partial charge in [0.05, 0.1) is 0 Å². The van der Waals surface area contributed by atoms with E-state index in [0.29, 0.717) is 13.0 Å². The van der Waals surface area contributed by atoms with Crippen molar-refractivity contribution in [3.8, 4) is 0 Å². The second kappa shape index (κ2) is 6.73. The van der Waals surface area contributed by atoms with Crippen LogP contribution < -0.4 is 0 Å². The first-order chi connectivity index (χ1) is 11.1. The van der Waals surface area contributed by atoms with E-state index in [-0.39, 0.29) is 11.8 Å². The third-order valence-corrected chi connectivity index (χ3v) is 5.00. The molecule has 0 saturated carbocycles. The molecule has 2 aromatic rings. The average Bonchev–Trinajstić information content (AvgIpc) is 2.93. The predicted molar refractivity (Wildman–Crippen MR) is 91.1 cm³/mol. The van der Waals surface area contributed by atoms with Gasteiger partial charge in [0.1, 0.15) is 0 Å². The fourth-order valence-corrected chi connectivity index (χ4v) is 3.33. The van der Waals surface area contributed by atoms with Crippen molar-refractivity contribution in [1.29, 1.82) is 0 Å². The molecule has 1 aliphatic heterocycles. The molecule has 4 heteroatoms. The minimum absolute atomic E-state index is 0.0146. The number of benzene rings is 2. The van der Waals surface area contributed by atoms with E-state index in [2.05, 4.69) is 0 Å². The molecule has 1 fully saturated rings. The second-order valence-electron chi connectivity index (χ2n) is 6.03. The lowest BCUT2D eigenvalue weighted by Gasteiger charge is -2.24. The highest BCUT2D eigenvalue weighted by Crippen LogP contribution is 2.30. The first-order valence-electron chi connectivity index (χ1n) is 7.85. The Morgan fingerprint density at radius 2 is 1.96 bits per heavy atom. The molecule has 120 valence electrons. The number of carbonyl (C=O) groups is 1. The van der Waals surface area contributed by atoms with Crippen molar-refractivity contribution in [1.82, 2.24) is 4.90 Å². The second-order valence-corrected chi connectivity index (χ2v) is 6.44. The lowest BCUT2D eigenvalue weighted by atomic mass is 9.95. The van der Waals surface area contributed by atoms with Crippen LogP contribution in [0.25, 0.3) is 0 Å². The van der Waals surface area contributed by atoms with E-state index >= 15 is 0 Å². The normalized spacial score (nSPS) is 19.2. The van der Waals surface area contributed by atoms with E-state index in [1.54, 1.807) is 4.90 Å². The number of nitrogens with zero attached hydrogens (tertiary/aromatic N) is 1. The van der Waals surface area contributed by atoms with Crippen LogP contribution in [-0.2, 0) is 11.2 Å². The predicted octanol–water partition coefficient (Wildman–Crippen LogP) is 3.73. The van der Waals surface area contributed by atoms with Crippen LogP contribution >= 0.6 is 11.6 Å². The van der Waals surface area contributed by atoms with Crippen LogP contribution in [0, 0.1) is 12.8 Å². The minimum atomic E-state index is -0.867. The number of aliphatic hydroxyl groups excluding tert-OH is 1. The third kappa shape index (κ3) is 3.26. The van der Waals surface area contributed by atoms with E-state index in [9.17, 15) is 9.90 Å². The van der Waals surface area contributed by atoms with E-state index < -0.39 is 6.23 Å². The monoisotopic (exact) mass is 329 g/mol. The molecule has 1 saturated heterocycles. The van der Waals surface area contributed by atoms with Gasteiger partial charge in [-0.3, -0.25) is 4.79 Å². The highest BCUT2D eigenvalue weighted by molar-refractivity contribution is 6.31. The van der Waals surface area contributed by atoms with Crippen molar-refractivity contribution in [2.45, 2.75) is 26.0 Å². The SMILES string of the molecule is Cc1c(Cl)cccc1C[C@H]1CCN([C@@H](O)c2ccccc2)C1=O. The van der Waals surface area contributed by atoms with Gasteiger partial charge in [-0.2, -0.15) is 0 Å². The van der Waals surface area contributed by atoms with Crippen LogP contribution in [-0.4, -0.2) is 22.5 Å². The average molecular weight is 330 g/mol. The van der Waals surface area contributed by atoms with Gasteiger partial charge in [-0.15, -0.1) is 0 Å². The minimum Gasteiger partial charge on any atom is -0.369 e. The molecule has 0 unspecified atom stereocenters. The van der Waals surface area contributed by atoms with Gasteiger partial charge < -0.3 is 10.0 Å².